The zero-order valence-electron chi connectivity index (χ0n) is 15.7. The van der Waals surface area contributed by atoms with Crippen LogP contribution < -0.4 is 10.6 Å². The number of nitrogens with one attached hydrogen (secondary N) is 3. The Kier molecular flexibility index (Phi) is 4.18. The smallest absolute Gasteiger partial charge is 0.233 e. The van der Waals surface area contributed by atoms with Crippen LogP contribution in [-0.4, -0.2) is 25.1 Å². The zero-order chi connectivity index (χ0) is 19.1. The Hall–Kier alpha value is -3.03. The minimum absolute atomic E-state index is 0.230. The van der Waals surface area contributed by atoms with Crippen LogP contribution in [0.15, 0.2) is 24.3 Å². The van der Waals surface area contributed by atoms with Gasteiger partial charge in [-0.15, -0.1) is 0 Å². The summed E-state index contributed by atoms with van der Waals surface area (Å²) in [5.41, 5.74) is 2.62. The van der Waals surface area contributed by atoms with Gasteiger partial charge in [-0.1, -0.05) is 12.1 Å². The van der Waals surface area contributed by atoms with Gasteiger partial charge in [-0.25, -0.2) is 4.39 Å². The maximum absolute atomic E-state index is 14.1. The van der Waals surface area contributed by atoms with Crippen molar-refractivity contribution in [1.82, 2.24) is 25.1 Å². The van der Waals surface area contributed by atoms with Crippen LogP contribution in [0.1, 0.15) is 60.2 Å². The first-order valence-electron chi connectivity index (χ1n) is 9.71. The molecule has 7 nitrogen and oxygen atoms in total. The molecule has 3 aromatic rings. The fourth-order valence-electron chi connectivity index (χ4n) is 3.14. The van der Waals surface area contributed by atoms with Crippen LogP contribution in [0.4, 0.5) is 22.1 Å². The lowest BCUT2D eigenvalue weighted by Crippen LogP contribution is -2.10. The van der Waals surface area contributed by atoms with E-state index in [0.29, 0.717) is 41.7 Å². The average molecular weight is 379 g/mol. The highest BCUT2D eigenvalue weighted by atomic mass is 19.1. The topological polar surface area (TPSA) is 91.4 Å². The van der Waals surface area contributed by atoms with E-state index >= 15 is 0 Å². The summed E-state index contributed by atoms with van der Waals surface area (Å²) < 4.78 is 14.1. The van der Waals surface area contributed by atoms with Gasteiger partial charge in [0.25, 0.3) is 0 Å². The van der Waals surface area contributed by atoms with Gasteiger partial charge in [0.05, 0.1) is 0 Å². The highest BCUT2D eigenvalue weighted by Gasteiger charge is 2.28. The molecular weight excluding hydrogens is 357 g/mol. The van der Waals surface area contributed by atoms with Gasteiger partial charge in [-0.05, 0) is 44.2 Å². The number of aromatic nitrogens is 5. The van der Waals surface area contributed by atoms with Crippen molar-refractivity contribution >= 4 is 17.7 Å². The maximum atomic E-state index is 14.1. The fourth-order valence-corrected chi connectivity index (χ4v) is 3.14. The van der Waals surface area contributed by atoms with E-state index in [-0.39, 0.29) is 5.82 Å². The number of halogens is 1. The number of hydrogen-bond acceptors (Lipinski definition) is 6. The van der Waals surface area contributed by atoms with Crippen molar-refractivity contribution in [3.8, 4) is 0 Å². The van der Waals surface area contributed by atoms with E-state index in [2.05, 4.69) is 35.8 Å². The summed E-state index contributed by atoms with van der Waals surface area (Å²) in [6, 6.07) is 7.21. The molecule has 2 saturated carbocycles. The highest BCUT2D eigenvalue weighted by Crippen LogP contribution is 2.40. The number of nitrogens with zero attached hydrogens (tertiary/aromatic N) is 4. The first-order chi connectivity index (χ1) is 13.6. The average Bonchev–Trinajstić information content (AvgIpc) is 3.59. The van der Waals surface area contributed by atoms with E-state index in [9.17, 15) is 4.39 Å². The Labute approximate surface area is 162 Å². The summed E-state index contributed by atoms with van der Waals surface area (Å²) in [7, 11) is 0. The summed E-state index contributed by atoms with van der Waals surface area (Å²) in [5, 5.41) is 13.7. The van der Waals surface area contributed by atoms with Crippen molar-refractivity contribution in [2.75, 3.05) is 10.6 Å². The molecule has 0 spiro atoms. The number of rotatable bonds is 7. The molecule has 144 valence electrons. The second kappa shape index (κ2) is 6.85. The Bertz CT molecular complexity index is 1010. The molecule has 0 unspecified atom stereocenters. The molecule has 0 saturated heterocycles. The molecular formula is C20H22FN7. The molecule has 0 bridgehead atoms. The van der Waals surface area contributed by atoms with Crippen LogP contribution in [0.25, 0.3) is 0 Å². The Morgan fingerprint density at radius 3 is 2.57 bits per heavy atom. The molecule has 0 atom stereocenters. The first kappa shape index (κ1) is 17.1. The van der Waals surface area contributed by atoms with E-state index in [1.165, 1.54) is 18.9 Å². The van der Waals surface area contributed by atoms with E-state index in [1.807, 2.05) is 19.1 Å². The number of aromatic amines is 1. The molecule has 3 N–H and O–H groups in total. The van der Waals surface area contributed by atoms with Gasteiger partial charge in [0.1, 0.15) is 11.6 Å². The van der Waals surface area contributed by atoms with E-state index in [1.54, 1.807) is 6.07 Å². The van der Waals surface area contributed by atoms with Crippen molar-refractivity contribution in [3.63, 3.8) is 0 Å². The second-order valence-corrected chi connectivity index (χ2v) is 7.67. The van der Waals surface area contributed by atoms with E-state index in [0.717, 1.165) is 29.9 Å². The third-order valence-corrected chi connectivity index (χ3v) is 5.10. The predicted octanol–water partition coefficient (Wildman–Crippen LogP) is 4.15. The van der Waals surface area contributed by atoms with Crippen molar-refractivity contribution < 1.29 is 4.39 Å². The summed E-state index contributed by atoms with van der Waals surface area (Å²) >= 11 is 0. The minimum Gasteiger partial charge on any atom is -0.350 e. The molecule has 2 aliphatic rings. The third-order valence-electron chi connectivity index (χ3n) is 5.10. The number of aryl methyl sites for hydroxylation is 1. The molecule has 2 heterocycles. The standard InChI is InChI=1S/C20H22FN7/c1-11-2-3-14(15(21)8-11)10-22-19-24-18(13-6-7-13)25-20(26-19)23-17-9-16(27-28-17)12-4-5-12/h2-3,8-9,12-13H,4-7,10H2,1H3,(H3,22,23,24,25,26,27,28). The maximum Gasteiger partial charge on any atom is 0.233 e. The highest BCUT2D eigenvalue weighted by molar-refractivity contribution is 5.50. The summed E-state index contributed by atoms with van der Waals surface area (Å²) in [5.74, 6) is 3.11. The lowest BCUT2D eigenvalue weighted by atomic mass is 10.1. The first-order valence-corrected chi connectivity index (χ1v) is 9.71. The second-order valence-electron chi connectivity index (χ2n) is 7.67. The van der Waals surface area contributed by atoms with Gasteiger partial charge in [-0.3, -0.25) is 5.10 Å². The van der Waals surface area contributed by atoms with Crippen LogP contribution in [0.2, 0.25) is 0 Å². The molecule has 2 fully saturated rings. The normalized spacial score (nSPS) is 16.2. The third kappa shape index (κ3) is 3.81. The quantitative estimate of drug-likeness (QED) is 0.571. The number of H-pyrrole nitrogens is 1. The van der Waals surface area contributed by atoms with Gasteiger partial charge in [-0.2, -0.15) is 20.1 Å². The Morgan fingerprint density at radius 2 is 1.82 bits per heavy atom. The molecule has 0 aliphatic heterocycles. The number of hydrogen-bond donors (Lipinski definition) is 3. The van der Waals surface area contributed by atoms with Gasteiger partial charge < -0.3 is 10.6 Å². The van der Waals surface area contributed by atoms with Crippen LogP contribution in [0.5, 0.6) is 0 Å². The summed E-state index contributed by atoms with van der Waals surface area (Å²) in [6.45, 7) is 2.18. The molecule has 1 aromatic carbocycles. The summed E-state index contributed by atoms with van der Waals surface area (Å²) in [6.07, 6.45) is 4.60. The molecule has 0 amide bonds. The molecule has 28 heavy (non-hydrogen) atoms. The fraction of sp³-hybridized carbons (Fsp3) is 0.400. The molecule has 2 aromatic heterocycles. The SMILES string of the molecule is Cc1ccc(CNc2nc(Nc3cc(C4CC4)[nH]n3)nc(C3CC3)n2)c(F)c1. The molecule has 2 aliphatic carbocycles. The molecule has 0 radical (unpaired) electrons. The lowest BCUT2D eigenvalue weighted by molar-refractivity contribution is 0.611. The summed E-state index contributed by atoms with van der Waals surface area (Å²) in [4.78, 5) is 13.5. The van der Waals surface area contributed by atoms with Gasteiger partial charge >= 0.3 is 0 Å². The minimum atomic E-state index is -0.230. The van der Waals surface area contributed by atoms with Crippen molar-refractivity contribution in [2.24, 2.45) is 0 Å². The largest absolute Gasteiger partial charge is 0.350 e. The van der Waals surface area contributed by atoms with Crippen LogP contribution in [0.3, 0.4) is 0 Å². The van der Waals surface area contributed by atoms with E-state index < -0.39 is 0 Å². The van der Waals surface area contributed by atoms with Gasteiger partial charge in [0.2, 0.25) is 11.9 Å². The number of anilines is 3. The van der Waals surface area contributed by atoms with Crippen molar-refractivity contribution in [2.45, 2.75) is 51.0 Å². The van der Waals surface area contributed by atoms with Gasteiger partial charge in [0.15, 0.2) is 5.82 Å². The van der Waals surface area contributed by atoms with Crippen LogP contribution in [0, 0.1) is 12.7 Å². The monoisotopic (exact) mass is 379 g/mol. The number of benzene rings is 1. The predicted molar refractivity (Wildman–Crippen MR) is 104 cm³/mol. The van der Waals surface area contributed by atoms with Crippen molar-refractivity contribution in [3.05, 3.63) is 52.7 Å². The molecule has 8 heteroatoms. The van der Waals surface area contributed by atoms with Crippen LogP contribution >= 0.6 is 0 Å². The van der Waals surface area contributed by atoms with Gasteiger partial charge in [0, 0.05) is 35.7 Å². The zero-order valence-corrected chi connectivity index (χ0v) is 15.7. The Balaban J connectivity index is 1.34. The van der Waals surface area contributed by atoms with Crippen molar-refractivity contribution in [1.29, 1.82) is 0 Å². The molecule has 5 rings (SSSR count). The van der Waals surface area contributed by atoms with Crippen LogP contribution in [-0.2, 0) is 6.54 Å². The lowest BCUT2D eigenvalue weighted by Gasteiger charge is -2.10. The Morgan fingerprint density at radius 1 is 1.04 bits per heavy atom. The van der Waals surface area contributed by atoms with E-state index in [4.69, 9.17) is 0 Å².